The Morgan fingerprint density at radius 3 is 1.91 bits per heavy atom. The van der Waals surface area contributed by atoms with Crippen LogP contribution in [0.15, 0.2) is 66.7 Å². The van der Waals surface area contributed by atoms with E-state index in [1.165, 1.54) is 0 Å². The number of benzene rings is 3. The number of hydrazine groups is 1. The molecule has 2 N–H and O–H groups in total. The molecule has 0 aliphatic rings. The second-order valence-electron chi connectivity index (χ2n) is 7.25. The van der Waals surface area contributed by atoms with Crippen LogP contribution < -0.4 is 29.8 Å². The van der Waals surface area contributed by atoms with Crippen LogP contribution in [0.1, 0.15) is 31.1 Å². The van der Waals surface area contributed by atoms with Crippen molar-refractivity contribution in [3.05, 3.63) is 72.3 Å². The highest BCUT2D eigenvalue weighted by atomic mass is 16.5. The summed E-state index contributed by atoms with van der Waals surface area (Å²) in [5.74, 6) is 0.724. The first-order chi connectivity index (χ1) is 17.1. The van der Waals surface area contributed by atoms with Crippen LogP contribution in [0.25, 0.3) is 11.1 Å². The second kappa shape index (κ2) is 12.9. The van der Waals surface area contributed by atoms with E-state index in [9.17, 15) is 9.59 Å². The number of hydrogen-bond acceptors (Lipinski definition) is 6. The number of carbonyl (C=O) groups is 2. The molecule has 0 spiro atoms. The van der Waals surface area contributed by atoms with Crippen LogP contribution in [0.4, 0.5) is 0 Å². The largest absolute Gasteiger partial charge is 0.490 e. The van der Waals surface area contributed by atoms with Gasteiger partial charge in [-0.25, -0.2) is 0 Å². The zero-order valence-electron chi connectivity index (χ0n) is 20.1. The molecule has 0 aromatic heterocycles. The molecule has 3 aromatic rings. The molecule has 2 amide bonds. The van der Waals surface area contributed by atoms with Crippen LogP contribution in [0, 0.1) is 0 Å². The van der Waals surface area contributed by atoms with Gasteiger partial charge in [0.15, 0.2) is 18.1 Å². The van der Waals surface area contributed by atoms with Gasteiger partial charge in [-0.05, 0) is 44.5 Å². The van der Waals surface area contributed by atoms with E-state index in [4.69, 9.17) is 18.9 Å². The third kappa shape index (κ3) is 6.89. The summed E-state index contributed by atoms with van der Waals surface area (Å²) in [5.41, 5.74) is 6.87. The fourth-order valence-electron chi connectivity index (χ4n) is 3.35. The van der Waals surface area contributed by atoms with Crippen molar-refractivity contribution < 1.29 is 28.5 Å². The fourth-order valence-corrected chi connectivity index (χ4v) is 3.35. The second-order valence-corrected chi connectivity index (χ2v) is 7.25. The molecule has 0 radical (unpaired) electrons. The van der Waals surface area contributed by atoms with E-state index < -0.39 is 11.8 Å². The molecule has 0 atom stereocenters. The smallest absolute Gasteiger partial charge is 0.276 e. The van der Waals surface area contributed by atoms with Gasteiger partial charge in [0.25, 0.3) is 11.8 Å². The first kappa shape index (κ1) is 25.4. The Morgan fingerprint density at radius 1 is 0.686 bits per heavy atom. The van der Waals surface area contributed by atoms with Gasteiger partial charge in [-0.2, -0.15) is 0 Å². The van der Waals surface area contributed by atoms with Gasteiger partial charge in [0.1, 0.15) is 5.75 Å². The van der Waals surface area contributed by atoms with Crippen molar-refractivity contribution in [2.45, 2.75) is 20.8 Å². The van der Waals surface area contributed by atoms with Crippen LogP contribution in [0.5, 0.6) is 23.0 Å². The van der Waals surface area contributed by atoms with Gasteiger partial charge in [0.05, 0.1) is 19.8 Å². The molecule has 0 fully saturated rings. The average molecular weight is 479 g/mol. The first-order valence-electron chi connectivity index (χ1n) is 11.5. The summed E-state index contributed by atoms with van der Waals surface area (Å²) in [6.45, 7) is 6.42. The average Bonchev–Trinajstić information content (AvgIpc) is 2.88. The van der Waals surface area contributed by atoms with Gasteiger partial charge >= 0.3 is 0 Å². The minimum Gasteiger partial charge on any atom is -0.490 e. The van der Waals surface area contributed by atoms with Crippen LogP contribution in [0.3, 0.4) is 0 Å². The van der Waals surface area contributed by atoms with Gasteiger partial charge in [-0.15, -0.1) is 0 Å². The zero-order chi connectivity index (χ0) is 25.0. The zero-order valence-corrected chi connectivity index (χ0v) is 20.1. The number of hydrogen-bond donors (Lipinski definition) is 2. The number of nitrogens with one attached hydrogen (secondary N) is 2. The quantitative estimate of drug-likeness (QED) is 0.397. The number of para-hydroxylation sites is 1. The normalized spacial score (nSPS) is 10.3. The fraction of sp³-hybridized carbons (Fsp3) is 0.259. The summed E-state index contributed by atoms with van der Waals surface area (Å²) >= 11 is 0. The monoisotopic (exact) mass is 478 g/mol. The van der Waals surface area contributed by atoms with Crippen molar-refractivity contribution in [3.8, 4) is 34.1 Å². The van der Waals surface area contributed by atoms with Gasteiger partial charge in [-0.1, -0.05) is 48.5 Å². The maximum atomic E-state index is 12.7. The lowest BCUT2D eigenvalue weighted by molar-refractivity contribution is -0.123. The number of ether oxygens (including phenoxy) is 4. The van der Waals surface area contributed by atoms with Gasteiger partial charge in [0, 0.05) is 11.1 Å². The first-order valence-corrected chi connectivity index (χ1v) is 11.5. The summed E-state index contributed by atoms with van der Waals surface area (Å²) in [5, 5.41) is 0. The van der Waals surface area contributed by atoms with Crippen molar-refractivity contribution in [1.82, 2.24) is 10.9 Å². The molecular weight excluding hydrogens is 448 g/mol. The maximum absolute atomic E-state index is 12.7. The number of carbonyl (C=O) groups excluding carboxylic acids is 2. The van der Waals surface area contributed by atoms with Crippen molar-refractivity contribution in [2.24, 2.45) is 0 Å². The molecular formula is C27H30N2O6. The van der Waals surface area contributed by atoms with E-state index in [-0.39, 0.29) is 12.2 Å². The molecule has 0 aliphatic carbocycles. The lowest BCUT2D eigenvalue weighted by Crippen LogP contribution is -2.43. The predicted molar refractivity (Wildman–Crippen MR) is 133 cm³/mol. The molecule has 8 heteroatoms. The summed E-state index contributed by atoms with van der Waals surface area (Å²) in [7, 11) is 0. The highest BCUT2D eigenvalue weighted by molar-refractivity contribution is 5.96. The Hall–Kier alpha value is -4.20. The molecule has 3 aromatic carbocycles. The van der Waals surface area contributed by atoms with E-state index in [1.54, 1.807) is 18.2 Å². The van der Waals surface area contributed by atoms with Crippen LogP contribution in [0.2, 0.25) is 0 Å². The molecule has 0 unspecified atom stereocenters. The molecule has 8 nitrogen and oxygen atoms in total. The minimum atomic E-state index is -0.534. The summed E-state index contributed by atoms with van der Waals surface area (Å²) in [6.07, 6.45) is 0. The van der Waals surface area contributed by atoms with Gasteiger partial charge in [0.2, 0.25) is 5.75 Å². The summed E-state index contributed by atoms with van der Waals surface area (Å²) in [6, 6.07) is 20.3. The van der Waals surface area contributed by atoms with Crippen molar-refractivity contribution in [2.75, 3.05) is 26.4 Å². The third-order valence-electron chi connectivity index (χ3n) is 4.82. The Bertz CT molecular complexity index is 1110. The molecule has 0 bridgehead atoms. The lowest BCUT2D eigenvalue weighted by atomic mass is 10.1. The van der Waals surface area contributed by atoms with Crippen LogP contribution in [-0.4, -0.2) is 38.2 Å². The Balaban J connectivity index is 1.64. The minimum absolute atomic E-state index is 0.246. The topological polar surface area (TPSA) is 95.1 Å². The number of rotatable bonds is 11. The molecule has 3 rings (SSSR count). The molecule has 0 heterocycles. The molecule has 0 aliphatic heterocycles. The molecule has 0 saturated heterocycles. The molecule has 35 heavy (non-hydrogen) atoms. The van der Waals surface area contributed by atoms with Crippen molar-refractivity contribution in [3.63, 3.8) is 0 Å². The van der Waals surface area contributed by atoms with Gasteiger partial charge < -0.3 is 18.9 Å². The van der Waals surface area contributed by atoms with Crippen molar-refractivity contribution >= 4 is 11.8 Å². The highest BCUT2D eigenvalue weighted by Gasteiger charge is 2.19. The molecule has 0 saturated carbocycles. The predicted octanol–water partition coefficient (Wildman–Crippen LogP) is 4.39. The Kier molecular flexibility index (Phi) is 9.36. The van der Waals surface area contributed by atoms with Gasteiger partial charge in [-0.3, -0.25) is 20.4 Å². The van der Waals surface area contributed by atoms with E-state index in [1.807, 2.05) is 69.3 Å². The van der Waals surface area contributed by atoms with Crippen molar-refractivity contribution in [1.29, 1.82) is 0 Å². The maximum Gasteiger partial charge on any atom is 0.276 e. The highest BCUT2D eigenvalue weighted by Crippen LogP contribution is 2.39. The van der Waals surface area contributed by atoms with E-state index in [2.05, 4.69) is 10.9 Å². The Morgan fingerprint density at radius 2 is 1.29 bits per heavy atom. The SMILES string of the molecule is CCOc1cc(C(=O)NNC(=O)COc2ccccc2-c2ccccc2)cc(OCC)c1OCC. The number of amides is 2. The lowest BCUT2D eigenvalue weighted by Gasteiger charge is -2.17. The molecule has 184 valence electrons. The standard InChI is InChI=1S/C27H30N2O6/c1-4-32-23-16-20(17-24(33-5-2)26(23)34-6-3)27(31)29-28-25(30)18-35-22-15-11-10-14-21(22)19-12-8-7-9-13-19/h7-17H,4-6,18H2,1-3H3,(H,28,30)(H,29,31). The summed E-state index contributed by atoms with van der Waals surface area (Å²) in [4.78, 5) is 25.1. The third-order valence-corrected chi connectivity index (χ3v) is 4.82. The Labute approximate surface area is 205 Å². The van der Waals surface area contributed by atoms with Crippen LogP contribution in [-0.2, 0) is 4.79 Å². The van der Waals surface area contributed by atoms with E-state index >= 15 is 0 Å². The van der Waals surface area contributed by atoms with Crippen LogP contribution >= 0.6 is 0 Å². The van der Waals surface area contributed by atoms with E-state index in [0.29, 0.717) is 42.8 Å². The summed E-state index contributed by atoms with van der Waals surface area (Å²) < 4.78 is 22.6. The van der Waals surface area contributed by atoms with E-state index in [0.717, 1.165) is 11.1 Å².